The molecule has 7 atom stereocenters. The smallest absolute Gasteiger partial charge is 0.408 e. The van der Waals surface area contributed by atoms with E-state index in [2.05, 4.69) is 26.6 Å². The third-order valence-corrected chi connectivity index (χ3v) is 8.94. The van der Waals surface area contributed by atoms with Gasteiger partial charge in [-0.2, -0.15) is 0 Å². The molecule has 16 heteroatoms. The van der Waals surface area contributed by atoms with Crippen LogP contribution in [0.3, 0.4) is 0 Å². The molecule has 0 saturated carbocycles. The normalized spacial score (nSPS) is 16.0. The molecular formula is C36H61N5O10S. The van der Waals surface area contributed by atoms with Gasteiger partial charge in [0.05, 0.1) is 24.0 Å². The molecule has 0 spiro atoms. The van der Waals surface area contributed by atoms with E-state index in [-0.39, 0.29) is 31.7 Å². The van der Waals surface area contributed by atoms with Crippen LogP contribution in [0, 0.1) is 17.8 Å². The fourth-order valence-corrected chi connectivity index (χ4v) is 5.83. The Morgan fingerprint density at radius 1 is 0.769 bits per heavy atom. The van der Waals surface area contributed by atoms with E-state index in [4.69, 9.17) is 4.74 Å². The molecule has 7 N–H and O–H groups in total. The number of nitrogens with one attached hydrogen (secondary N) is 5. The number of aliphatic hydroxyl groups excluding tert-OH is 2. The number of amides is 5. The summed E-state index contributed by atoms with van der Waals surface area (Å²) in [7, 11) is -3.56. The monoisotopic (exact) mass is 755 g/mol. The summed E-state index contributed by atoms with van der Waals surface area (Å²) < 4.78 is 29.4. The van der Waals surface area contributed by atoms with E-state index in [0.717, 1.165) is 11.8 Å². The molecule has 5 amide bonds. The van der Waals surface area contributed by atoms with Crippen LogP contribution in [-0.4, -0.2) is 102 Å². The van der Waals surface area contributed by atoms with Crippen molar-refractivity contribution in [2.24, 2.45) is 17.8 Å². The first-order valence-electron chi connectivity index (χ1n) is 17.7. The van der Waals surface area contributed by atoms with Crippen molar-refractivity contribution >= 4 is 39.6 Å². The van der Waals surface area contributed by atoms with Gasteiger partial charge < -0.3 is 41.5 Å². The van der Waals surface area contributed by atoms with Crippen LogP contribution >= 0.6 is 0 Å². The summed E-state index contributed by atoms with van der Waals surface area (Å²) in [5.41, 5.74) is -0.00262. The molecule has 15 nitrogen and oxygen atoms in total. The molecule has 1 rings (SSSR count). The summed E-state index contributed by atoms with van der Waals surface area (Å²) in [5.74, 6) is -4.46. The SMILES string of the molecule is CC(C)C[C@H](NC(=O)C(CCS(C)(=O)=O)NC(=O)[C@@H](NC(=O)OC(C)(C)C)C(C)C)[C@@H](O)C[C@@H](C)C(=O)N[C@H](C(=O)NCc1ccccc1)[C@H](C)O. The minimum absolute atomic E-state index is 0.0376. The zero-order valence-electron chi connectivity index (χ0n) is 32.2. The molecule has 0 aliphatic carbocycles. The molecule has 0 aliphatic heterocycles. The van der Waals surface area contributed by atoms with Crippen LogP contribution in [-0.2, 0) is 40.3 Å². The maximum atomic E-state index is 13.7. The molecule has 0 bridgehead atoms. The number of rotatable bonds is 20. The number of ether oxygens (including phenoxy) is 1. The van der Waals surface area contributed by atoms with Gasteiger partial charge in [0.1, 0.15) is 33.6 Å². The first-order chi connectivity index (χ1) is 23.9. The third kappa shape index (κ3) is 18.1. The fraction of sp³-hybridized carbons (Fsp3) is 0.694. The van der Waals surface area contributed by atoms with Crippen LogP contribution in [0.1, 0.15) is 87.1 Å². The predicted octanol–water partition coefficient (Wildman–Crippen LogP) is 1.56. The summed E-state index contributed by atoms with van der Waals surface area (Å²) >= 11 is 0. The topological polar surface area (TPSA) is 229 Å². The van der Waals surface area contributed by atoms with Crippen molar-refractivity contribution in [3.63, 3.8) is 0 Å². The maximum Gasteiger partial charge on any atom is 0.408 e. The van der Waals surface area contributed by atoms with E-state index < -0.39 is 99.1 Å². The third-order valence-electron chi connectivity index (χ3n) is 7.96. The number of carbonyl (C=O) groups is 5. The van der Waals surface area contributed by atoms with Crippen LogP contribution in [0.25, 0.3) is 0 Å². The van der Waals surface area contributed by atoms with E-state index in [1.807, 2.05) is 44.2 Å². The Labute approximate surface area is 308 Å². The van der Waals surface area contributed by atoms with E-state index in [0.29, 0.717) is 0 Å². The van der Waals surface area contributed by atoms with Gasteiger partial charge in [-0.1, -0.05) is 65.0 Å². The number of hydrogen-bond donors (Lipinski definition) is 7. The van der Waals surface area contributed by atoms with Crippen LogP contribution in [0.4, 0.5) is 4.79 Å². The van der Waals surface area contributed by atoms with Crippen LogP contribution in [0.15, 0.2) is 30.3 Å². The lowest BCUT2D eigenvalue weighted by molar-refractivity contribution is -0.134. The van der Waals surface area contributed by atoms with Crippen LogP contribution < -0.4 is 26.6 Å². The fourth-order valence-electron chi connectivity index (χ4n) is 5.16. The summed E-state index contributed by atoms with van der Waals surface area (Å²) in [5, 5.41) is 34.6. The van der Waals surface area contributed by atoms with E-state index >= 15 is 0 Å². The second kappa shape index (κ2) is 21.1. The van der Waals surface area contributed by atoms with Crippen molar-refractivity contribution in [1.29, 1.82) is 0 Å². The maximum absolute atomic E-state index is 13.7. The molecule has 52 heavy (non-hydrogen) atoms. The minimum atomic E-state index is -3.56. The summed E-state index contributed by atoms with van der Waals surface area (Å²) in [4.78, 5) is 65.6. The zero-order valence-corrected chi connectivity index (χ0v) is 33.0. The van der Waals surface area contributed by atoms with Gasteiger partial charge in [-0.25, -0.2) is 13.2 Å². The van der Waals surface area contributed by atoms with Gasteiger partial charge in [-0.15, -0.1) is 0 Å². The molecule has 0 radical (unpaired) electrons. The van der Waals surface area contributed by atoms with E-state index in [1.165, 1.54) is 13.8 Å². The summed E-state index contributed by atoms with van der Waals surface area (Å²) in [6, 6.07) is 4.46. The molecule has 296 valence electrons. The zero-order chi connectivity index (χ0) is 40.0. The molecule has 0 fully saturated rings. The quantitative estimate of drug-likeness (QED) is 0.102. The van der Waals surface area contributed by atoms with Gasteiger partial charge in [0.2, 0.25) is 23.6 Å². The lowest BCUT2D eigenvalue weighted by atomic mass is 9.92. The molecular weight excluding hydrogens is 694 g/mol. The molecule has 0 aliphatic rings. The number of sulfone groups is 1. The molecule has 0 heterocycles. The lowest BCUT2D eigenvalue weighted by Crippen LogP contribution is -2.58. The van der Waals surface area contributed by atoms with Gasteiger partial charge in [-0.3, -0.25) is 19.2 Å². The summed E-state index contributed by atoms with van der Waals surface area (Å²) in [6.45, 7) is 15.2. The lowest BCUT2D eigenvalue weighted by Gasteiger charge is -2.31. The predicted molar refractivity (Wildman–Crippen MR) is 197 cm³/mol. The standard InChI is InChI=1S/C36H61N5O10S/c1-21(2)18-27(28(43)19-23(5)31(44)40-30(24(6)42)33(46)37-20-25-14-12-11-13-15-25)39-32(45)26(16-17-52(10,49)50)38-34(47)29(22(3)4)41-35(48)51-36(7,8)9/h11-15,21-24,26-30,42-43H,16-20H2,1-10H3,(H,37,46)(H,38,47)(H,39,45)(H,40,44)(H,41,48)/t23-,24+,26?,27+,28+,29+,30+/m1/s1. The number of aliphatic hydroxyl groups is 2. The van der Waals surface area contributed by atoms with Gasteiger partial charge in [0.25, 0.3) is 0 Å². The van der Waals surface area contributed by atoms with Crippen molar-refractivity contribution in [3.8, 4) is 0 Å². The number of carbonyl (C=O) groups excluding carboxylic acids is 5. The van der Waals surface area contributed by atoms with Gasteiger partial charge in [0, 0.05) is 18.7 Å². The van der Waals surface area contributed by atoms with Crippen LogP contribution in [0.2, 0.25) is 0 Å². The first-order valence-corrected chi connectivity index (χ1v) is 19.7. The van der Waals surface area contributed by atoms with Crippen molar-refractivity contribution in [3.05, 3.63) is 35.9 Å². The van der Waals surface area contributed by atoms with E-state index in [1.54, 1.807) is 34.6 Å². The molecule has 1 aromatic carbocycles. The van der Waals surface area contributed by atoms with E-state index in [9.17, 15) is 42.6 Å². The summed E-state index contributed by atoms with van der Waals surface area (Å²) in [6.07, 6.45) is -2.50. The Morgan fingerprint density at radius 3 is 1.87 bits per heavy atom. The Morgan fingerprint density at radius 2 is 1.37 bits per heavy atom. The largest absolute Gasteiger partial charge is 0.444 e. The highest BCUT2D eigenvalue weighted by atomic mass is 32.2. The van der Waals surface area contributed by atoms with Crippen molar-refractivity contribution in [2.45, 2.75) is 130 Å². The van der Waals surface area contributed by atoms with Crippen molar-refractivity contribution in [2.75, 3.05) is 12.0 Å². The Balaban J connectivity index is 3.10. The van der Waals surface area contributed by atoms with Crippen molar-refractivity contribution in [1.82, 2.24) is 26.6 Å². The minimum Gasteiger partial charge on any atom is -0.444 e. The average Bonchev–Trinajstić information content (AvgIpc) is 3.01. The molecule has 1 unspecified atom stereocenters. The molecule has 0 aromatic heterocycles. The Bertz CT molecular complexity index is 1430. The number of hydrogen-bond acceptors (Lipinski definition) is 10. The molecule has 0 saturated heterocycles. The highest BCUT2D eigenvalue weighted by Gasteiger charge is 2.34. The van der Waals surface area contributed by atoms with Gasteiger partial charge in [-0.05, 0) is 64.4 Å². The van der Waals surface area contributed by atoms with Crippen molar-refractivity contribution < 1.29 is 47.3 Å². The highest BCUT2D eigenvalue weighted by molar-refractivity contribution is 7.90. The van der Waals surface area contributed by atoms with Crippen LogP contribution in [0.5, 0.6) is 0 Å². The number of alkyl carbamates (subject to hydrolysis) is 1. The second-order valence-corrected chi connectivity index (χ2v) is 17.5. The first kappa shape index (κ1) is 46.3. The second-order valence-electron chi connectivity index (χ2n) is 15.2. The molecule has 1 aromatic rings. The average molecular weight is 756 g/mol. The highest BCUT2D eigenvalue weighted by Crippen LogP contribution is 2.17. The van der Waals surface area contributed by atoms with Gasteiger partial charge >= 0.3 is 6.09 Å². The van der Waals surface area contributed by atoms with Gasteiger partial charge in [0.15, 0.2) is 0 Å². The Hall–Kier alpha value is -3.76. The Kier molecular flexibility index (Phi) is 18.7. The number of benzene rings is 1.